The van der Waals surface area contributed by atoms with Gasteiger partial charge in [0.1, 0.15) is 5.82 Å². The molecule has 0 radical (unpaired) electrons. The molecule has 1 saturated carbocycles. The molecule has 0 spiro atoms. The second-order valence-corrected chi connectivity index (χ2v) is 7.39. The first-order valence-electron chi connectivity index (χ1n) is 7.78. The number of nitrogens with zero attached hydrogens (tertiary/aromatic N) is 1. The first kappa shape index (κ1) is 13.8. The molecule has 0 bridgehead atoms. The molecule has 0 saturated heterocycles. The number of aromatic nitrogens is 2. The molecule has 1 fully saturated rings. The van der Waals surface area contributed by atoms with Crippen molar-refractivity contribution in [3.63, 3.8) is 0 Å². The van der Waals surface area contributed by atoms with Crippen LogP contribution in [0, 0.1) is 11.3 Å². The highest BCUT2D eigenvalue weighted by atomic mass is 16.1. The number of hydrogen-bond donors (Lipinski definition) is 2. The van der Waals surface area contributed by atoms with Gasteiger partial charge in [-0.3, -0.25) is 4.79 Å². The standard InChI is InChI=1S/C16H25N3O/c1-16(2,3)11-6-4-10(5-7-11)14-18-13-9-17-8-12(13)15(20)19-14/h10-11,17H,4-9H2,1-3H3,(H,18,19,20). The number of hydrogen-bond acceptors (Lipinski definition) is 3. The van der Waals surface area contributed by atoms with Crippen LogP contribution in [0.3, 0.4) is 0 Å². The highest BCUT2D eigenvalue weighted by molar-refractivity contribution is 5.22. The molecule has 4 heteroatoms. The van der Waals surface area contributed by atoms with Gasteiger partial charge in [0.25, 0.3) is 5.56 Å². The van der Waals surface area contributed by atoms with Gasteiger partial charge in [0.2, 0.25) is 0 Å². The van der Waals surface area contributed by atoms with Gasteiger partial charge in [-0.05, 0) is 37.0 Å². The molecular weight excluding hydrogens is 250 g/mol. The quantitative estimate of drug-likeness (QED) is 0.828. The summed E-state index contributed by atoms with van der Waals surface area (Å²) in [5.74, 6) is 2.15. The molecule has 1 aromatic rings. The fourth-order valence-corrected chi connectivity index (χ4v) is 3.62. The molecule has 2 aliphatic rings. The first-order chi connectivity index (χ1) is 9.45. The molecule has 0 amide bonds. The van der Waals surface area contributed by atoms with Gasteiger partial charge < -0.3 is 10.3 Å². The molecule has 1 aliphatic heterocycles. The molecule has 2 heterocycles. The van der Waals surface area contributed by atoms with E-state index in [0.717, 1.165) is 42.4 Å². The maximum Gasteiger partial charge on any atom is 0.255 e. The second kappa shape index (κ2) is 4.99. The van der Waals surface area contributed by atoms with Crippen molar-refractivity contribution in [3.05, 3.63) is 27.4 Å². The first-order valence-corrected chi connectivity index (χ1v) is 7.78. The fraction of sp³-hybridized carbons (Fsp3) is 0.750. The Morgan fingerprint density at radius 1 is 1.10 bits per heavy atom. The third-order valence-corrected chi connectivity index (χ3v) is 5.05. The van der Waals surface area contributed by atoms with Crippen LogP contribution in [0.15, 0.2) is 4.79 Å². The van der Waals surface area contributed by atoms with Crippen LogP contribution in [0.4, 0.5) is 0 Å². The summed E-state index contributed by atoms with van der Waals surface area (Å²) < 4.78 is 0. The molecule has 1 aliphatic carbocycles. The van der Waals surface area contributed by atoms with E-state index in [1.165, 1.54) is 12.8 Å². The van der Waals surface area contributed by atoms with E-state index in [0.29, 0.717) is 17.9 Å². The van der Waals surface area contributed by atoms with Crippen LogP contribution in [0.25, 0.3) is 0 Å². The molecule has 110 valence electrons. The summed E-state index contributed by atoms with van der Waals surface area (Å²) in [4.78, 5) is 19.8. The summed E-state index contributed by atoms with van der Waals surface area (Å²) in [6, 6.07) is 0. The van der Waals surface area contributed by atoms with Gasteiger partial charge >= 0.3 is 0 Å². The molecule has 0 aromatic carbocycles. The van der Waals surface area contributed by atoms with Crippen molar-refractivity contribution in [2.75, 3.05) is 0 Å². The van der Waals surface area contributed by atoms with E-state index in [2.05, 4.69) is 31.1 Å². The maximum absolute atomic E-state index is 12.1. The van der Waals surface area contributed by atoms with Crippen LogP contribution in [0.2, 0.25) is 0 Å². The Bertz CT molecular complexity index is 548. The van der Waals surface area contributed by atoms with Gasteiger partial charge in [0.15, 0.2) is 0 Å². The predicted molar refractivity (Wildman–Crippen MR) is 79.6 cm³/mol. The zero-order valence-corrected chi connectivity index (χ0v) is 12.8. The van der Waals surface area contributed by atoms with E-state index in [-0.39, 0.29) is 5.56 Å². The summed E-state index contributed by atoms with van der Waals surface area (Å²) in [6.07, 6.45) is 4.79. The average Bonchev–Trinajstić information content (AvgIpc) is 2.86. The minimum Gasteiger partial charge on any atom is -0.310 e. The number of aromatic amines is 1. The van der Waals surface area contributed by atoms with E-state index in [4.69, 9.17) is 4.98 Å². The summed E-state index contributed by atoms with van der Waals surface area (Å²) in [5, 5.41) is 3.20. The van der Waals surface area contributed by atoms with Crippen LogP contribution in [-0.4, -0.2) is 9.97 Å². The minimum atomic E-state index is 0.0629. The van der Waals surface area contributed by atoms with Gasteiger partial charge in [-0.25, -0.2) is 4.98 Å². The molecule has 20 heavy (non-hydrogen) atoms. The Hall–Kier alpha value is -1.16. The lowest BCUT2D eigenvalue weighted by atomic mass is 9.69. The van der Waals surface area contributed by atoms with E-state index in [1.54, 1.807) is 0 Å². The minimum absolute atomic E-state index is 0.0629. The van der Waals surface area contributed by atoms with Crippen molar-refractivity contribution < 1.29 is 0 Å². The fourth-order valence-electron chi connectivity index (χ4n) is 3.62. The van der Waals surface area contributed by atoms with E-state index >= 15 is 0 Å². The van der Waals surface area contributed by atoms with Crippen LogP contribution < -0.4 is 10.9 Å². The van der Waals surface area contributed by atoms with Gasteiger partial charge in [-0.1, -0.05) is 20.8 Å². The van der Waals surface area contributed by atoms with E-state index in [9.17, 15) is 4.79 Å². The number of nitrogens with one attached hydrogen (secondary N) is 2. The Balaban J connectivity index is 1.76. The van der Waals surface area contributed by atoms with Crippen molar-refractivity contribution in [1.82, 2.24) is 15.3 Å². The van der Waals surface area contributed by atoms with Crippen LogP contribution >= 0.6 is 0 Å². The molecule has 3 rings (SSSR count). The third-order valence-electron chi connectivity index (χ3n) is 5.05. The Morgan fingerprint density at radius 2 is 1.80 bits per heavy atom. The van der Waals surface area contributed by atoms with Gasteiger partial charge in [0.05, 0.1) is 11.3 Å². The van der Waals surface area contributed by atoms with Crippen molar-refractivity contribution >= 4 is 0 Å². The van der Waals surface area contributed by atoms with Crippen LogP contribution in [0.1, 0.15) is 69.5 Å². The van der Waals surface area contributed by atoms with Crippen LogP contribution in [0.5, 0.6) is 0 Å². The summed E-state index contributed by atoms with van der Waals surface area (Å²) in [6.45, 7) is 8.40. The highest BCUT2D eigenvalue weighted by Crippen LogP contribution is 2.42. The molecule has 0 unspecified atom stereocenters. The molecule has 2 N–H and O–H groups in total. The monoisotopic (exact) mass is 275 g/mol. The van der Waals surface area contributed by atoms with Crippen molar-refractivity contribution in [1.29, 1.82) is 0 Å². The average molecular weight is 275 g/mol. The molecule has 0 atom stereocenters. The lowest BCUT2D eigenvalue weighted by Gasteiger charge is -2.36. The lowest BCUT2D eigenvalue weighted by molar-refractivity contribution is 0.167. The second-order valence-electron chi connectivity index (χ2n) is 7.39. The third kappa shape index (κ3) is 2.53. The summed E-state index contributed by atoms with van der Waals surface area (Å²) in [5.41, 5.74) is 2.25. The molecule has 1 aromatic heterocycles. The van der Waals surface area contributed by atoms with Crippen molar-refractivity contribution in [2.45, 2.75) is 65.5 Å². The summed E-state index contributed by atoms with van der Waals surface area (Å²) in [7, 11) is 0. The SMILES string of the molecule is CC(C)(C)C1CCC(c2nc3c(c(=O)[nH]2)CNC3)CC1. The zero-order chi connectivity index (χ0) is 14.3. The number of H-pyrrole nitrogens is 1. The summed E-state index contributed by atoms with van der Waals surface area (Å²) >= 11 is 0. The number of rotatable bonds is 1. The molecule has 4 nitrogen and oxygen atoms in total. The Morgan fingerprint density at radius 3 is 2.45 bits per heavy atom. The smallest absolute Gasteiger partial charge is 0.255 e. The van der Waals surface area contributed by atoms with Crippen molar-refractivity contribution in [3.8, 4) is 0 Å². The number of fused-ring (bicyclic) bond motifs is 1. The topological polar surface area (TPSA) is 57.8 Å². The molecular formula is C16H25N3O. The van der Waals surface area contributed by atoms with Crippen LogP contribution in [-0.2, 0) is 13.1 Å². The van der Waals surface area contributed by atoms with E-state index < -0.39 is 0 Å². The van der Waals surface area contributed by atoms with Gasteiger partial charge in [-0.2, -0.15) is 0 Å². The van der Waals surface area contributed by atoms with Gasteiger partial charge in [-0.15, -0.1) is 0 Å². The van der Waals surface area contributed by atoms with E-state index in [1.807, 2.05) is 0 Å². The Kier molecular flexibility index (Phi) is 3.44. The largest absolute Gasteiger partial charge is 0.310 e. The predicted octanol–water partition coefficient (Wildman–Crippen LogP) is 2.69. The van der Waals surface area contributed by atoms with Crippen molar-refractivity contribution in [2.24, 2.45) is 11.3 Å². The van der Waals surface area contributed by atoms with Gasteiger partial charge in [0, 0.05) is 19.0 Å². The zero-order valence-electron chi connectivity index (χ0n) is 12.8. The lowest BCUT2D eigenvalue weighted by Crippen LogP contribution is -2.27. The highest BCUT2D eigenvalue weighted by Gasteiger charge is 2.31. The normalized spacial score (nSPS) is 26.6. The maximum atomic E-state index is 12.1. The Labute approximate surface area is 120 Å².